The molecule has 0 aliphatic rings. The van der Waals surface area contributed by atoms with E-state index in [1.807, 2.05) is 47.0 Å². The van der Waals surface area contributed by atoms with Crippen LogP contribution in [-0.2, 0) is 0 Å². The van der Waals surface area contributed by atoms with E-state index in [4.69, 9.17) is 50.5 Å². The Hall–Kier alpha value is 4.90. The van der Waals surface area contributed by atoms with Crippen molar-refractivity contribution < 1.29 is 0 Å². The van der Waals surface area contributed by atoms with E-state index in [2.05, 4.69) is 75.8 Å². The zero-order chi connectivity index (χ0) is 23.8. The molecule has 0 heterocycles. The van der Waals surface area contributed by atoms with E-state index in [0.29, 0.717) is 21.0 Å². The van der Waals surface area contributed by atoms with Gasteiger partial charge >= 0.3 is 0 Å². The van der Waals surface area contributed by atoms with E-state index >= 15 is 0 Å². The summed E-state index contributed by atoms with van der Waals surface area (Å²) >= 11 is 53.7. The van der Waals surface area contributed by atoms with Gasteiger partial charge in [-0.25, -0.2) is 0 Å². The van der Waals surface area contributed by atoms with E-state index in [-0.39, 0.29) is 21.0 Å². The highest BCUT2D eigenvalue weighted by Gasteiger charge is 2.31. The van der Waals surface area contributed by atoms with Crippen LogP contribution in [0.1, 0.15) is 19.3 Å². The monoisotopic (exact) mass is 688 g/mol. The maximum Gasteiger partial charge on any atom is 0.0365 e. The van der Waals surface area contributed by atoms with Crippen LogP contribution in [0.25, 0.3) is 0 Å². The maximum atomic E-state index is 5.04. The first-order chi connectivity index (χ1) is 14.8. The summed E-state index contributed by atoms with van der Waals surface area (Å²) in [7, 11) is 0. The fraction of sp³-hybridized carbons (Fsp3) is 1.00. The highest BCUT2D eigenvalue weighted by atomic mass is 32.2. The smallest absolute Gasteiger partial charge is 0.0365 e. The zero-order valence-corrected chi connectivity index (χ0v) is 29.3. The lowest BCUT2D eigenvalue weighted by Gasteiger charge is -2.33. The second-order valence-corrected chi connectivity index (χ2v) is 17.9. The van der Waals surface area contributed by atoms with Crippen molar-refractivity contribution in [1.82, 2.24) is 0 Å². The summed E-state index contributed by atoms with van der Waals surface area (Å²) in [5.41, 5.74) is 0. The summed E-state index contributed by atoms with van der Waals surface area (Å²) in [6.45, 7) is 0. The fourth-order valence-electron chi connectivity index (χ4n) is 2.97. The lowest BCUT2D eigenvalue weighted by atomic mass is 10.0. The minimum absolute atomic E-state index is 0.221. The molecule has 188 valence electrons. The molecule has 8 unspecified atom stereocenters. The van der Waals surface area contributed by atoms with Gasteiger partial charge in [0.15, 0.2) is 0 Å². The van der Waals surface area contributed by atoms with Gasteiger partial charge in [-0.1, -0.05) is 0 Å². The van der Waals surface area contributed by atoms with Crippen molar-refractivity contribution in [2.45, 2.75) is 61.3 Å². The highest BCUT2D eigenvalue weighted by Crippen LogP contribution is 2.38. The van der Waals surface area contributed by atoms with E-state index in [0.717, 1.165) is 51.1 Å². The number of thiol groups is 10. The zero-order valence-electron chi connectivity index (χ0n) is 17.1. The van der Waals surface area contributed by atoms with E-state index in [1.165, 1.54) is 0 Å². The Morgan fingerprint density at radius 2 is 0.645 bits per heavy atom. The van der Waals surface area contributed by atoms with Crippen LogP contribution in [0, 0.1) is 0 Å². The molecule has 0 rings (SSSR count). The third-order valence-corrected chi connectivity index (χ3v) is 15.2. The summed E-state index contributed by atoms with van der Waals surface area (Å²) in [6.07, 6.45) is 2.96. The molecule has 0 saturated heterocycles. The Morgan fingerprint density at radius 3 is 0.871 bits per heavy atom. The molecule has 0 N–H and O–H groups in total. The average Bonchev–Trinajstić information content (AvgIpc) is 2.76. The number of hydrogen-bond donors (Lipinski definition) is 10. The molecular weight excluding hydrogens is 653 g/mol. The minimum Gasteiger partial charge on any atom is -0.178 e. The first-order valence-corrected chi connectivity index (χ1v) is 19.7. The van der Waals surface area contributed by atoms with Crippen molar-refractivity contribution >= 4 is 173 Å². The maximum absolute atomic E-state index is 5.04. The fourth-order valence-corrected chi connectivity index (χ4v) is 11.9. The minimum atomic E-state index is 0.221. The molecular formula is C17H36S14. The standard InChI is InChI=1S/C17H36S14/c18-4-12(26)16(30-8-22)2-14(28-6-20)10(24)1-11(25)15(29-7-21)3-17(31-9-23)13(27)5-19/h10-27H,1-9H2. The molecule has 8 atom stereocenters. The van der Waals surface area contributed by atoms with Gasteiger partial charge in [-0.3, -0.25) is 0 Å². The summed E-state index contributed by atoms with van der Waals surface area (Å²) in [5.74, 6) is 1.50. The van der Waals surface area contributed by atoms with Crippen molar-refractivity contribution in [3.63, 3.8) is 0 Å². The van der Waals surface area contributed by atoms with Gasteiger partial charge in [-0.2, -0.15) is 126 Å². The Morgan fingerprint density at radius 1 is 0.387 bits per heavy atom. The molecule has 0 aromatic rings. The molecule has 0 spiro atoms. The largest absolute Gasteiger partial charge is 0.178 e. The van der Waals surface area contributed by atoms with Gasteiger partial charge < -0.3 is 0 Å². The van der Waals surface area contributed by atoms with Gasteiger partial charge in [0.1, 0.15) is 0 Å². The molecule has 0 aliphatic carbocycles. The normalized spacial score (nSPS) is 19.9. The topological polar surface area (TPSA) is 0 Å². The van der Waals surface area contributed by atoms with Crippen LogP contribution in [0.5, 0.6) is 0 Å². The lowest BCUT2D eigenvalue weighted by molar-refractivity contribution is 0.608. The molecule has 0 aliphatic heterocycles. The first-order valence-electron chi connectivity index (χ1n) is 9.63. The quantitative estimate of drug-likeness (QED) is 0.0487. The predicted molar refractivity (Wildman–Crippen MR) is 194 cm³/mol. The van der Waals surface area contributed by atoms with Crippen molar-refractivity contribution in [3.05, 3.63) is 0 Å². The molecule has 0 nitrogen and oxygen atoms in total. The Labute approximate surface area is 263 Å². The van der Waals surface area contributed by atoms with E-state index in [9.17, 15) is 0 Å². The Kier molecular flexibility index (Phi) is 26.5. The molecule has 0 fully saturated rings. The number of thioether (sulfide) groups is 4. The predicted octanol–water partition coefficient (Wildman–Crippen LogP) is 7.17. The second kappa shape index (κ2) is 22.8. The van der Waals surface area contributed by atoms with Crippen LogP contribution < -0.4 is 0 Å². The summed E-state index contributed by atoms with van der Waals surface area (Å²) in [5, 5.41) is 5.54. The van der Waals surface area contributed by atoms with Crippen molar-refractivity contribution in [1.29, 1.82) is 0 Å². The molecule has 31 heavy (non-hydrogen) atoms. The molecule has 0 aromatic heterocycles. The van der Waals surface area contributed by atoms with Gasteiger partial charge in [-0.05, 0) is 19.3 Å². The van der Waals surface area contributed by atoms with Crippen LogP contribution in [0.15, 0.2) is 0 Å². The Balaban J connectivity index is 5.22. The van der Waals surface area contributed by atoms with Crippen LogP contribution in [0.2, 0.25) is 0 Å². The summed E-state index contributed by atoms with van der Waals surface area (Å²) < 4.78 is 0. The van der Waals surface area contributed by atoms with Gasteiger partial charge in [0, 0.05) is 73.8 Å². The van der Waals surface area contributed by atoms with Gasteiger partial charge in [0.25, 0.3) is 0 Å². The van der Waals surface area contributed by atoms with Crippen LogP contribution in [-0.4, -0.2) is 73.8 Å². The van der Waals surface area contributed by atoms with E-state index < -0.39 is 0 Å². The summed E-state index contributed by atoms with van der Waals surface area (Å²) in [4.78, 5) is 0. The Bertz CT molecular complexity index is 380. The first kappa shape index (κ1) is 35.9. The average molecular weight is 689 g/mol. The molecule has 0 aromatic carbocycles. The summed E-state index contributed by atoms with van der Waals surface area (Å²) in [6, 6.07) is 0. The number of rotatable bonds is 20. The third-order valence-electron chi connectivity index (χ3n) is 4.66. The van der Waals surface area contributed by atoms with E-state index in [1.54, 1.807) is 0 Å². The second-order valence-electron chi connectivity index (χ2n) is 6.68. The lowest BCUT2D eigenvalue weighted by Crippen LogP contribution is -2.34. The van der Waals surface area contributed by atoms with Gasteiger partial charge in [-0.15, -0.1) is 47.0 Å². The van der Waals surface area contributed by atoms with Crippen molar-refractivity contribution in [3.8, 4) is 0 Å². The molecule has 0 saturated carbocycles. The van der Waals surface area contributed by atoms with Crippen LogP contribution >= 0.6 is 173 Å². The van der Waals surface area contributed by atoms with Gasteiger partial charge in [0.2, 0.25) is 0 Å². The number of hydrogen-bond acceptors (Lipinski definition) is 14. The third kappa shape index (κ3) is 15.8. The van der Waals surface area contributed by atoms with Crippen molar-refractivity contribution in [2.24, 2.45) is 0 Å². The SMILES string of the molecule is SCSC(CC(SCS)C(S)CC(S)C(CC(SCS)C(S)CS)SCS)C(S)CS. The molecule has 14 heteroatoms. The molecule has 0 radical (unpaired) electrons. The highest BCUT2D eigenvalue weighted by molar-refractivity contribution is 8.11. The van der Waals surface area contributed by atoms with Crippen LogP contribution in [0.3, 0.4) is 0 Å². The molecule has 0 amide bonds. The molecule has 0 bridgehead atoms. The van der Waals surface area contributed by atoms with Crippen LogP contribution in [0.4, 0.5) is 0 Å². The van der Waals surface area contributed by atoms with Crippen molar-refractivity contribution in [2.75, 3.05) is 31.8 Å². The van der Waals surface area contributed by atoms with Gasteiger partial charge in [0.05, 0.1) is 0 Å².